The van der Waals surface area contributed by atoms with Crippen molar-refractivity contribution in [1.82, 2.24) is 5.32 Å². The molecule has 0 heterocycles. The first-order valence-corrected chi connectivity index (χ1v) is 7.50. The molecule has 1 rings (SSSR count). The molecule has 5 nitrogen and oxygen atoms in total. The maximum atomic E-state index is 11.7. The van der Waals surface area contributed by atoms with E-state index in [0.29, 0.717) is 5.75 Å². The molecule has 0 saturated heterocycles. The highest BCUT2D eigenvalue weighted by atomic mass is 127. The summed E-state index contributed by atoms with van der Waals surface area (Å²) >= 11 is 2.04. The fourth-order valence-corrected chi connectivity index (χ4v) is 2.14. The molecule has 0 aliphatic carbocycles. The second kappa shape index (κ2) is 8.08. The maximum absolute atomic E-state index is 11.7. The summed E-state index contributed by atoms with van der Waals surface area (Å²) in [4.78, 5) is 22.6. The first kappa shape index (κ1) is 16.7. The van der Waals surface area contributed by atoms with Gasteiger partial charge < -0.3 is 15.2 Å². The molecule has 20 heavy (non-hydrogen) atoms. The van der Waals surface area contributed by atoms with E-state index in [0.717, 1.165) is 16.4 Å². The molecular formula is C14H18INO4. The lowest BCUT2D eigenvalue weighted by Crippen LogP contribution is -2.37. The highest BCUT2D eigenvalue weighted by molar-refractivity contribution is 14.1. The molecule has 6 heteroatoms. The van der Waals surface area contributed by atoms with Crippen molar-refractivity contribution in [3.05, 3.63) is 27.3 Å². The maximum Gasteiger partial charge on any atom is 0.335 e. The third kappa shape index (κ3) is 4.99. The standard InChI is InChI=1S/C14H18INO4/c1-3-10(4-2)16-13(17)8-20-12-7-9(14(18)19)5-6-11(12)15/h5-7,10H,3-4,8H2,1-2H3,(H,16,17)(H,18,19). The molecular weight excluding hydrogens is 373 g/mol. The summed E-state index contributed by atoms with van der Waals surface area (Å²) in [6, 6.07) is 4.73. The fraction of sp³-hybridized carbons (Fsp3) is 0.429. The minimum Gasteiger partial charge on any atom is -0.483 e. The predicted molar refractivity (Wildman–Crippen MR) is 84.1 cm³/mol. The molecule has 1 aromatic carbocycles. The Morgan fingerprint density at radius 3 is 2.55 bits per heavy atom. The van der Waals surface area contributed by atoms with Crippen LogP contribution in [0.4, 0.5) is 0 Å². The zero-order valence-corrected chi connectivity index (χ0v) is 13.6. The van der Waals surface area contributed by atoms with Crippen molar-refractivity contribution >= 4 is 34.5 Å². The fourth-order valence-electron chi connectivity index (χ4n) is 1.65. The lowest BCUT2D eigenvalue weighted by molar-refractivity contribution is -0.123. The molecule has 0 aliphatic rings. The Morgan fingerprint density at radius 2 is 2.00 bits per heavy atom. The van der Waals surface area contributed by atoms with Gasteiger partial charge in [0.2, 0.25) is 0 Å². The molecule has 2 N–H and O–H groups in total. The molecule has 110 valence electrons. The van der Waals surface area contributed by atoms with E-state index >= 15 is 0 Å². The van der Waals surface area contributed by atoms with Crippen molar-refractivity contribution in [2.75, 3.05) is 6.61 Å². The van der Waals surface area contributed by atoms with Gasteiger partial charge in [-0.25, -0.2) is 4.79 Å². The molecule has 1 amide bonds. The summed E-state index contributed by atoms with van der Waals surface area (Å²) in [6.07, 6.45) is 1.74. The molecule has 0 spiro atoms. The minimum absolute atomic E-state index is 0.116. The van der Waals surface area contributed by atoms with Crippen molar-refractivity contribution in [3.63, 3.8) is 0 Å². The topological polar surface area (TPSA) is 75.6 Å². The Labute approximate surface area is 131 Å². The SMILES string of the molecule is CCC(CC)NC(=O)COc1cc(C(=O)O)ccc1I. The van der Waals surface area contributed by atoms with Crippen LogP contribution in [0.2, 0.25) is 0 Å². The van der Waals surface area contributed by atoms with E-state index < -0.39 is 5.97 Å². The van der Waals surface area contributed by atoms with E-state index in [2.05, 4.69) is 5.32 Å². The number of nitrogens with one attached hydrogen (secondary N) is 1. The number of aromatic carboxylic acids is 1. The van der Waals surface area contributed by atoms with E-state index in [1.165, 1.54) is 12.1 Å². The van der Waals surface area contributed by atoms with E-state index in [-0.39, 0.29) is 24.1 Å². The van der Waals surface area contributed by atoms with Gasteiger partial charge >= 0.3 is 5.97 Å². The van der Waals surface area contributed by atoms with Crippen LogP contribution in [0.25, 0.3) is 0 Å². The number of hydrogen-bond donors (Lipinski definition) is 2. The van der Waals surface area contributed by atoms with Crippen LogP contribution < -0.4 is 10.1 Å². The van der Waals surface area contributed by atoms with Gasteiger partial charge in [-0.2, -0.15) is 0 Å². The number of benzene rings is 1. The van der Waals surface area contributed by atoms with Crippen LogP contribution in [0.15, 0.2) is 18.2 Å². The van der Waals surface area contributed by atoms with Gasteiger partial charge in [0.25, 0.3) is 5.91 Å². The number of rotatable bonds is 7. The number of carbonyl (C=O) groups excluding carboxylic acids is 1. The van der Waals surface area contributed by atoms with Crippen LogP contribution in [0.3, 0.4) is 0 Å². The number of amides is 1. The zero-order chi connectivity index (χ0) is 15.1. The van der Waals surface area contributed by atoms with Crippen LogP contribution in [-0.2, 0) is 4.79 Å². The van der Waals surface area contributed by atoms with Crippen molar-refractivity contribution in [1.29, 1.82) is 0 Å². The van der Waals surface area contributed by atoms with Gasteiger partial charge in [-0.15, -0.1) is 0 Å². The van der Waals surface area contributed by atoms with E-state index in [1.54, 1.807) is 6.07 Å². The number of ether oxygens (including phenoxy) is 1. The van der Waals surface area contributed by atoms with Gasteiger partial charge in [0, 0.05) is 6.04 Å². The van der Waals surface area contributed by atoms with E-state index in [1.807, 2.05) is 36.4 Å². The molecule has 0 bridgehead atoms. The quantitative estimate of drug-likeness (QED) is 0.701. The summed E-state index contributed by atoms with van der Waals surface area (Å²) in [5.74, 6) is -0.812. The zero-order valence-electron chi connectivity index (χ0n) is 11.5. The monoisotopic (exact) mass is 391 g/mol. The molecule has 0 radical (unpaired) electrons. The number of halogens is 1. The highest BCUT2D eigenvalue weighted by Gasteiger charge is 2.12. The Kier molecular flexibility index (Phi) is 6.77. The van der Waals surface area contributed by atoms with Crippen LogP contribution in [0, 0.1) is 3.57 Å². The predicted octanol–water partition coefficient (Wildman–Crippen LogP) is 2.67. The van der Waals surface area contributed by atoms with Gasteiger partial charge in [-0.1, -0.05) is 13.8 Å². The molecule has 0 unspecified atom stereocenters. The summed E-state index contributed by atoms with van der Waals surface area (Å²) in [5, 5.41) is 11.8. The first-order valence-electron chi connectivity index (χ1n) is 6.42. The van der Waals surface area contributed by atoms with E-state index in [9.17, 15) is 9.59 Å². The van der Waals surface area contributed by atoms with E-state index in [4.69, 9.17) is 9.84 Å². The summed E-state index contributed by atoms with van der Waals surface area (Å²) in [6.45, 7) is 3.90. The second-order valence-electron chi connectivity index (χ2n) is 4.32. The van der Waals surface area contributed by atoms with Gasteiger partial charge in [0.1, 0.15) is 5.75 Å². The van der Waals surface area contributed by atoms with Crippen molar-refractivity contribution in [3.8, 4) is 5.75 Å². The van der Waals surface area contributed by atoms with Gasteiger partial charge in [0.15, 0.2) is 6.61 Å². The smallest absolute Gasteiger partial charge is 0.335 e. The Hall–Kier alpha value is -1.31. The van der Waals surface area contributed by atoms with Gasteiger partial charge in [-0.3, -0.25) is 4.79 Å². The summed E-state index contributed by atoms with van der Waals surface area (Å²) in [5.41, 5.74) is 0.140. The van der Waals surface area contributed by atoms with Crippen molar-refractivity contribution < 1.29 is 19.4 Å². The first-order chi connectivity index (χ1) is 9.47. The van der Waals surface area contributed by atoms with Gasteiger partial charge in [-0.05, 0) is 53.6 Å². The summed E-state index contributed by atoms with van der Waals surface area (Å²) in [7, 11) is 0. The van der Waals surface area contributed by atoms with Crippen molar-refractivity contribution in [2.45, 2.75) is 32.7 Å². The Bertz CT molecular complexity index is 486. The average molecular weight is 391 g/mol. The number of carboxylic acid groups (broad SMARTS) is 1. The lowest BCUT2D eigenvalue weighted by atomic mass is 10.2. The normalized spacial score (nSPS) is 10.4. The average Bonchev–Trinajstić information content (AvgIpc) is 2.43. The van der Waals surface area contributed by atoms with Crippen molar-refractivity contribution in [2.24, 2.45) is 0 Å². The molecule has 0 aliphatic heterocycles. The Morgan fingerprint density at radius 1 is 1.35 bits per heavy atom. The number of carboxylic acids is 1. The second-order valence-corrected chi connectivity index (χ2v) is 5.48. The molecule has 0 atom stereocenters. The molecule has 1 aromatic rings. The van der Waals surface area contributed by atoms with Crippen LogP contribution in [0.5, 0.6) is 5.75 Å². The molecule has 0 aromatic heterocycles. The third-order valence-electron chi connectivity index (χ3n) is 2.89. The molecule has 0 fully saturated rings. The third-order valence-corrected chi connectivity index (χ3v) is 3.78. The minimum atomic E-state index is -1.02. The van der Waals surface area contributed by atoms with Crippen LogP contribution in [0.1, 0.15) is 37.0 Å². The largest absolute Gasteiger partial charge is 0.483 e. The Balaban J connectivity index is 2.63. The number of hydrogen-bond acceptors (Lipinski definition) is 3. The summed E-state index contributed by atoms with van der Waals surface area (Å²) < 4.78 is 6.16. The van der Waals surface area contributed by atoms with Gasteiger partial charge in [0.05, 0.1) is 9.13 Å². The highest BCUT2D eigenvalue weighted by Crippen LogP contribution is 2.22. The van der Waals surface area contributed by atoms with Crippen LogP contribution >= 0.6 is 22.6 Å². The number of carbonyl (C=O) groups is 2. The molecule has 0 saturated carbocycles. The lowest BCUT2D eigenvalue weighted by Gasteiger charge is -2.15. The van der Waals surface area contributed by atoms with Crippen LogP contribution in [-0.4, -0.2) is 29.6 Å².